The molecule has 1 aliphatic heterocycles. The summed E-state index contributed by atoms with van der Waals surface area (Å²) in [7, 11) is 0. The van der Waals surface area contributed by atoms with Gasteiger partial charge in [0.05, 0.1) is 18.2 Å². The third-order valence-electron chi connectivity index (χ3n) is 4.42. The molecule has 0 aliphatic carbocycles. The van der Waals surface area contributed by atoms with Gasteiger partial charge in [-0.15, -0.1) is 0 Å². The number of hydrogen-bond acceptors (Lipinski definition) is 2. The van der Waals surface area contributed by atoms with E-state index in [0.717, 1.165) is 29.8 Å². The van der Waals surface area contributed by atoms with E-state index in [2.05, 4.69) is 28.1 Å². The predicted octanol–water partition coefficient (Wildman–Crippen LogP) is 3.53. The molecule has 122 valence electrons. The summed E-state index contributed by atoms with van der Waals surface area (Å²) in [6.45, 7) is 2.61. The Labute approximate surface area is 143 Å². The molecular formula is C20H22N4. The summed E-state index contributed by atoms with van der Waals surface area (Å²) < 4.78 is 0. The van der Waals surface area contributed by atoms with Crippen molar-refractivity contribution in [1.29, 1.82) is 5.26 Å². The van der Waals surface area contributed by atoms with Gasteiger partial charge < -0.3 is 10.6 Å². The number of hydrogen-bond donors (Lipinski definition) is 1. The van der Waals surface area contributed by atoms with Crippen LogP contribution in [0.1, 0.15) is 30.4 Å². The molecule has 0 amide bonds. The Kier molecular flexibility index (Phi) is 5.12. The van der Waals surface area contributed by atoms with Gasteiger partial charge in [-0.2, -0.15) is 5.26 Å². The van der Waals surface area contributed by atoms with E-state index in [1.165, 1.54) is 19.3 Å². The molecule has 2 aromatic rings. The number of nitrogens with zero attached hydrogens (tertiary/aromatic N) is 3. The highest BCUT2D eigenvalue weighted by Gasteiger charge is 2.11. The molecule has 3 rings (SSSR count). The Bertz CT molecular complexity index is 750. The van der Waals surface area contributed by atoms with Crippen molar-refractivity contribution in [2.45, 2.75) is 25.8 Å². The molecule has 1 fully saturated rings. The Hall–Kier alpha value is -2.80. The summed E-state index contributed by atoms with van der Waals surface area (Å²) in [6.07, 6.45) is 3.68. The Balaban J connectivity index is 1.70. The second-order valence-corrected chi connectivity index (χ2v) is 6.08. The highest BCUT2D eigenvalue weighted by Crippen LogP contribution is 2.23. The Morgan fingerprint density at radius 2 is 1.75 bits per heavy atom. The molecule has 0 saturated carbocycles. The van der Waals surface area contributed by atoms with Gasteiger partial charge in [0.25, 0.3) is 0 Å². The largest absolute Gasteiger partial charge is 0.370 e. The third kappa shape index (κ3) is 3.75. The van der Waals surface area contributed by atoms with E-state index in [1.807, 2.05) is 36.4 Å². The lowest BCUT2D eigenvalue weighted by atomic mass is 9.99. The summed E-state index contributed by atoms with van der Waals surface area (Å²) in [6, 6.07) is 18.1. The van der Waals surface area contributed by atoms with Crippen LogP contribution in [0, 0.1) is 11.3 Å². The van der Waals surface area contributed by atoms with Crippen molar-refractivity contribution in [3.63, 3.8) is 0 Å². The van der Waals surface area contributed by atoms with Gasteiger partial charge in [-0.3, -0.25) is 0 Å². The second-order valence-electron chi connectivity index (χ2n) is 6.08. The van der Waals surface area contributed by atoms with Crippen molar-refractivity contribution in [3.8, 4) is 17.2 Å². The van der Waals surface area contributed by atoms with E-state index >= 15 is 0 Å². The van der Waals surface area contributed by atoms with Crippen LogP contribution >= 0.6 is 0 Å². The minimum absolute atomic E-state index is 0.586. The SMILES string of the molecule is N#Cc1ccccc1-c1ccc(CN=C(N)N2CCCCC2)cc1. The molecule has 2 aromatic carbocycles. The summed E-state index contributed by atoms with van der Waals surface area (Å²) in [5.74, 6) is 0.647. The van der Waals surface area contributed by atoms with Gasteiger partial charge in [-0.1, -0.05) is 42.5 Å². The van der Waals surface area contributed by atoms with Crippen LogP contribution < -0.4 is 5.73 Å². The van der Waals surface area contributed by atoms with Gasteiger partial charge in [-0.05, 0) is 42.0 Å². The lowest BCUT2D eigenvalue weighted by Gasteiger charge is -2.27. The van der Waals surface area contributed by atoms with Crippen LogP contribution in [-0.2, 0) is 6.54 Å². The molecule has 0 unspecified atom stereocenters. The average molecular weight is 318 g/mol. The summed E-state index contributed by atoms with van der Waals surface area (Å²) in [5.41, 5.74) is 9.91. The highest BCUT2D eigenvalue weighted by atomic mass is 15.2. The van der Waals surface area contributed by atoms with Crippen LogP contribution in [-0.4, -0.2) is 23.9 Å². The van der Waals surface area contributed by atoms with Crippen molar-refractivity contribution in [1.82, 2.24) is 4.90 Å². The van der Waals surface area contributed by atoms with E-state index in [1.54, 1.807) is 0 Å². The number of likely N-dealkylation sites (tertiary alicyclic amines) is 1. The number of nitrogens with two attached hydrogens (primary N) is 1. The quantitative estimate of drug-likeness (QED) is 0.695. The Morgan fingerprint density at radius 3 is 2.46 bits per heavy atom. The fourth-order valence-electron chi connectivity index (χ4n) is 3.02. The van der Waals surface area contributed by atoms with Gasteiger partial charge in [0, 0.05) is 13.1 Å². The zero-order valence-electron chi connectivity index (χ0n) is 13.8. The third-order valence-corrected chi connectivity index (χ3v) is 4.42. The van der Waals surface area contributed by atoms with Crippen LogP contribution in [0.25, 0.3) is 11.1 Å². The Morgan fingerprint density at radius 1 is 1.04 bits per heavy atom. The first-order chi connectivity index (χ1) is 11.8. The molecule has 4 heteroatoms. The van der Waals surface area contributed by atoms with E-state index in [0.29, 0.717) is 18.1 Å². The second kappa shape index (κ2) is 7.65. The molecule has 0 atom stereocenters. The molecular weight excluding hydrogens is 296 g/mol. The van der Waals surface area contributed by atoms with E-state index < -0.39 is 0 Å². The first-order valence-electron chi connectivity index (χ1n) is 8.41. The van der Waals surface area contributed by atoms with Crippen molar-refractivity contribution >= 4 is 5.96 Å². The van der Waals surface area contributed by atoms with E-state index in [4.69, 9.17) is 5.73 Å². The number of piperidine rings is 1. The topological polar surface area (TPSA) is 65.4 Å². The predicted molar refractivity (Wildman–Crippen MR) is 97.3 cm³/mol. The molecule has 1 aliphatic rings. The van der Waals surface area contributed by atoms with Crippen molar-refractivity contribution < 1.29 is 0 Å². The van der Waals surface area contributed by atoms with E-state index in [9.17, 15) is 5.26 Å². The maximum Gasteiger partial charge on any atom is 0.191 e. The summed E-state index contributed by atoms with van der Waals surface area (Å²) in [5, 5.41) is 9.22. The average Bonchev–Trinajstić information content (AvgIpc) is 2.67. The van der Waals surface area contributed by atoms with Crippen molar-refractivity contribution in [2.24, 2.45) is 10.7 Å². The molecule has 0 bridgehead atoms. The van der Waals surface area contributed by atoms with Gasteiger partial charge in [0.2, 0.25) is 0 Å². The molecule has 1 heterocycles. The van der Waals surface area contributed by atoms with Crippen LogP contribution in [0.3, 0.4) is 0 Å². The molecule has 24 heavy (non-hydrogen) atoms. The van der Waals surface area contributed by atoms with Crippen LogP contribution in [0.5, 0.6) is 0 Å². The molecule has 0 radical (unpaired) electrons. The van der Waals surface area contributed by atoms with Crippen LogP contribution in [0.15, 0.2) is 53.5 Å². The van der Waals surface area contributed by atoms with Gasteiger partial charge in [0.1, 0.15) is 0 Å². The zero-order valence-corrected chi connectivity index (χ0v) is 13.8. The van der Waals surface area contributed by atoms with E-state index in [-0.39, 0.29) is 0 Å². The smallest absolute Gasteiger partial charge is 0.191 e. The number of guanidine groups is 1. The fraction of sp³-hybridized carbons (Fsp3) is 0.300. The van der Waals surface area contributed by atoms with Crippen LogP contribution in [0.4, 0.5) is 0 Å². The zero-order chi connectivity index (χ0) is 16.8. The number of benzene rings is 2. The maximum absolute atomic E-state index is 9.22. The lowest BCUT2D eigenvalue weighted by Crippen LogP contribution is -2.40. The minimum atomic E-state index is 0.586. The van der Waals surface area contributed by atoms with Gasteiger partial charge >= 0.3 is 0 Å². The standard InChI is InChI=1S/C20H22N4/c21-14-18-6-2-3-7-19(18)17-10-8-16(9-11-17)15-23-20(22)24-12-4-1-5-13-24/h2-3,6-11H,1,4-5,12-13,15H2,(H2,22,23). The fourth-order valence-corrected chi connectivity index (χ4v) is 3.02. The van der Waals surface area contributed by atoms with Crippen molar-refractivity contribution in [3.05, 3.63) is 59.7 Å². The number of rotatable bonds is 3. The maximum atomic E-state index is 9.22. The summed E-state index contributed by atoms with van der Waals surface area (Å²) in [4.78, 5) is 6.69. The number of aliphatic imine (C=N–C) groups is 1. The lowest BCUT2D eigenvalue weighted by molar-refractivity contribution is 0.338. The van der Waals surface area contributed by atoms with Crippen LogP contribution in [0.2, 0.25) is 0 Å². The molecule has 2 N–H and O–H groups in total. The first kappa shape index (κ1) is 16.1. The van der Waals surface area contributed by atoms with Crippen molar-refractivity contribution in [2.75, 3.05) is 13.1 Å². The summed E-state index contributed by atoms with van der Waals surface area (Å²) >= 11 is 0. The number of nitriles is 1. The van der Waals surface area contributed by atoms with Gasteiger partial charge in [-0.25, -0.2) is 4.99 Å². The minimum Gasteiger partial charge on any atom is -0.370 e. The molecule has 1 saturated heterocycles. The first-order valence-corrected chi connectivity index (χ1v) is 8.41. The van der Waals surface area contributed by atoms with Gasteiger partial charge in [0.15, 0.2) is 5.96 Å². The molecule has 0 spiro atoms. The molecule has 0 aromatic heterocycles. The molecule has 4 nitrogen and oxygen atoms in total. The highest BCUT2D eigenvalue weighted by molar-refractivity contribution is 5.78. The monoisotopic (exact) mass is 318 g/mol. The normalized spacial score (nSPS) is 15.1.